The molecule has 2 heterocycles. The van der Waals surface area contributed by atoms with Crippen LogP contribution in [0.1, 0.15) is 5.56 Å². The van der Waals surface area contributed by atoms with E-state index in [0.29, 0.717) is 12.0 Å². The molecule has 124 valence electrons. The van der Waals surface area contributed by atoms with Crippen molar-refractivity contribution in [2.75, 3.05) is 25.0 Å². The molecule has 0 aromatic heterocycles. The van der Waals surface area contributed by atoms with Crippen molar-refractivity contribution in [1.82, 2.24) is 9.80 Å². The Balaban J connectivity index is 1.33. The van der Waals surface area contributed by atoms with Gasteiger partial charge in [0.05, 0.1) is 0 Å². The van der Waals surface area contributed by atoms with E-state index in [-0.39, 0.29) is 6.03 Å². The number of rotatable bonds is 3. The van der Waals surface area contributed by atoms with Gasteiger partial charge in [-0.25, -0.2) is 4.79 Å². The number of urea groups is 1. The molecule has 0 spiro atoms. The highest BCUT2D eigenvalue weighted by Gasteiger charge is 2.46. The molecule has 2 aromatic rings. The number of para-hydroxylation sites is 1. The molecule has 0 aliphatic carbocycles. The van der Waals surface area contributed by atoms with Gasteiger partial charge in [-0.3, -0.25) is 4.90 Å². The smallest absolute Gasteiger partial charge is 0.321 e. The topological polar surface area (TPSA) is 35.6 Å². The Labute approximate surface area is 147 Å². The van der Waals surface area contributed by atoms with Crippen LogP contribution < -0.4 is 5.32 Å². The quantitative estimate of drug-likeness (QED) is 0.924. The van der Waals surface area contributed by atoms with Gasteiger partial charge in [0.1, 0.15) is 0 Å². The summed E-state index contributed by atoms with van der Waals surface area (Å²) in [5, 5.41) is 3.75. The third-order valence-corrected chi connectivity index (χ3v) is 5.21. The molecule has 2 fully saturated rings. The molecule has 24 heavy (non-hydrogen) atoms. The van der Waals surface area contributed by atoms with E-state index < -0.39 is 0 Å². The zero-order valence-electron chi connectivity index (χ0n) is 13.4. The Kier molecular flexibility index (Phi) is 4.17. The van der Waals surface area contributed by atoms with Crippen molar-refractivity contribution in [2.45, 2.75) is 12.6 Å². The summed E-state index contributed by atoms with van der Waals surface area (Å²) >= 11 is 5.94. The Morgan fingerprint density at radius 2 is 1.79 bits per heavy atom. The van der Waals surface area contributed by atoms with E-state index in [1.54, 1.807) is 0 Å². The monoisotopic (exact) mass is 341 g/mol. The van der Waals surface area contributed by atoms with Gasteiger partial charge in [-0.1, -0.05) is 41.9 Å². The molecule has 2 aliphatic heterocycles. The Morgan fingerprint density at radius 3 is 2.54 bits per heavy atom. The maximum absolute atomic E-state index is 12.4. The number of nitrogens with zero attached hydrogens (tertiary/aromatic N) is 2. The fourth-order valence-electron chi connectivity index (χ4n) is 3.64. The molecular weight excluding hydrogens is 322 g/mol. The minimum absolute atomic E-state index is 0.00189. The number of halogens is 1. The average molecular weight is 342 g/mol. The van der Waals surface area contributed by atoms with Crippen molar-refractivity contribution in [1.29, 1.82) is 0 Å². The molecule has 5 heteroatoms. The van der Waals surface area contributed by atoms with Gasteiger partial charge in [-0.2, -0.15) is 0 Å². The standard InChI is InChI=1S/C19H20ClN3O/c20-16-8-6-14(7-9-16)10-22-11-15-12-23(13-18(15)22)19(24)21-17-4-2-1-3-5-17/h1-9,15,18H,10-13H2,(H,21,24)/t15-,18+/m1/s1. The number of fused-ring (bicyclic) bond motifs is 1. The van der Waals surface area contributed by atoms with Crippen LogP contribution in [-0.2, 0) is 6.54 Å². The lowest BCUT2D eigenvalue weighted by molar-refractivity contribution is 0.0435. The minimum atomic E-state index is 0.00189. The summed E-state index contributed by atoms with van der Waals surface area (Å²) in [6.07, 6.45) is 0. The van der Waals surface area contributed by atoms with E-state index in [1.165, 1.54) is 5.56 Å². The Hall–Kier alpha value is -2.04. The van der Waals surface area contributed by atoms with Gasteiger partial charge in [-0.05, 0) is 29.8 Å². The third-order valence-electron chi connectivity index (χ3n) is 4.96. The van der Waals surface area contributed by atoms with Crippen molar-refractivity contribution in [3.63, 3.8) is 0 Å². The van der Waals surface area contributed by atoms with Crippen LogP contribution in [0.2, 0.25) is 5.02 Å². The third kappa shape index (κ3) is 3.12. The molecule has 2 aromatic carbocycles. The number of hydrogen-bond acceptors (Lipinski definition) is 2. The van der Waals surface area contributed by atoms with Gasteiger partial charge in [-0.15, -0.1) is 0 Å². The van der Waals surface area contributed by atoms with Gasteiger partial charge in [0.2, 0.25) is 0 Å². The summed E-state index contributed by atoms with van der Waals surface area (Å²) < 4.78 is 0. The lowest BCUT2D eigenvalue weighted by Crippen LogP contribution is -2.54. The first-order valence-electron chi connectivity index (χ1n) is 8.28. The molecule has 2 aliphatic rings. The summed E-state index contributed by atoms with van der Waals surface area (Å²) in [6, 6.07) is 18.1. The first-order valence-corrected chi connectivity index (χ1v) is 8.66. The number of nitrogens with one attached hydrogen (secondary N) is 1. The molecule has 4 nitrogen and oxygen atoms in total. The number of amides is 2. The molecule has 4 rings (SSSR count). The van der Waals surface area contributed by atoms with E-state index in [1.807, 2.05) is 47.4 Å². The number of carbonyl (C=O) groups excluding carboxylic acids is 1. The van der Waals surface area contributed by atoms with Crippen LogP contribution in [0, 0.1) is 5.92 Å². The largest absolute Gasteiger partial charge is 0.323 e. The molecule has 0 radical (unpaired) electrons. The first kappa shape index (κ1) is 15.5. The van der Waals surface area contributed by atoms with E-state index in [2.05, 4.69) is 22.3 Å². The summed E-state index contributed by atoms with van der Waals surface area (Å²) in [7, 11) is 0. The molecule has 2 saturated heterocycles. The van der Waals surface area contributed by atoms with Crippen molar-refractivity contribution in [3.05, 3.63) is 65.2 Å². The first-order chi connectivity index (χ1) is 11.7. The van der Waals surface area contributed by atoms with Crippen LogP contribution in [0.3, 0.4) is 0 Å². The predicted octanol–water partition coefficient (Wildman–Crippen LogP) is 3.69. The van der Waals surface area contributed by atoms with Crippen LogP contribution in [-0.4, -0.2) is 41.5 Å². The van der Waals surface area contributed by atoms with Crippen molar-refractivity contribution < 1.29 is 4.79 Å². The van der Waals surface area contributed by atoms with Gasteiger partial charge in [0, 0.05) is 48.8 Å². The second-order valence-corrected chi connectivity index (χ2v) is 7.02. The lowest BCUT2D eigenvalue weighted by atomic mass is 9.91. The Morgan fingerprint density at radius 1 is 1.04 bits per heavy atom. The minimum Gasteiger partial charge on any atom is -0.323 e. The fourth-order valence-corrected chi connectivity index (χ4v) is 3.77. The van der Waals surface area contributed by atoms with Crippen LogP contribution in [0.15, 0.2) is 54.6 Å². The summed E-state index contributed by atoms with van der Waals surface area (Å²) in [5.74, 6) is 0.596. The van der Waals surface area contributed by atoms with Crippen molar-refractivity contribution in [3.8, 4) is 0 Å². The molecule has 0 unspecified atom stereocenters. The molecule has 2 amide bonds. The van der Waals surface area contributed by atoms with Gasteiger partial charge >= 0.3 is 6.03 Å². The molecular formula is C19H20ClN3O. The predicted molar refractivity (Wildman–Crippen MR) is 96.2 cm³/mol. The van der Waals surface area contributed by atoms with Crippen LogP contribution in [0.4, 0.5) is 10.5 Å². The number of likely N-dealkylation sites (tertiary alicyclic amines) is 2. The van der Waals surface area contributed by atoms with Gasteiger partial charge < -0.3 is 10.2 Å². The second-order valence-electron chi connectivity index (χ2n) is 6.58. The van der Waals surface area contributed by atoms with Crippen molar-refractivity contribution >= 4 is 23.3 Å². The summed E-state index contributed by atoms with van der Waals surface area (Å²) in [4.78, 5) is 16.8. The maximum Gasteiger partial charge on any atom is 0.321 e. The second kappa shape index (κ2) is 6.46. The Bertz CT molecular complexity index is 719. The van der Waals surface area contributed by atoms with E-state index in [0.717, 1.165) is 36.9 Å². The normalized spacial score (nSPS) is 22.8. The van der Waals surface area contributed by atoms with E-state index in [9.17, 15) is 4.79 Å². The highest BCUT2D eigenvalue weighted by molar-refractivity contribution is 6.30. The lowest BCUT2D eigenvalue weighted by Gasteiger charge is -2.43. The van der Waals surface area contributed by atoms with E-state index >= 15 is 0 Å². The average Bonchev–Trinajstić information content (AvgIpc) is 2.93. The van der Waals surface area contributed by atoms with E-state index in [4.69, 9.17) is 11.6 Å². The van der Waals surface area contributed by atoms with Crippen LogP contribution in [0.5, 0.6) is 0 Å². The van der Waals surface area contributed by atoms with Crippen molar-refractivity contribution in [2.24, 2.45) is 5.92 Å². The van der Waals surface area contributed by atoms with Crippen LogP contribution in [0.25, 0.3) is 0 Å². The SMILES string of the molecule is O=C(Nc1ccccc1)N1C[C@H]2CN(Cc3ccc(Cl)cc3)[C@H]2C1. The maximum atomic E-state index is 12.4. The van der Waals surface area contributed by atoms with Crippen LogP contribution >= 0.6 is 11.6 Å². The molecule has 0 saturated carbocycles. The molecule has 0 bridgehead atoms. The number of hydrogen-bond donors (Lipinski definition) is 1. The fraction of sp³-hybridized carbons (Fsp3) is 0.316. The summed E-state index contributed by atoms with van der Waals surface area (Å²) in [6.45, 7) is 3.63. The summed E-state index contributed by atoms with van der Waals surface area (Å²) in [5.41, 5.74) is 2.12. The van der Waals surface area contributed by atoms with Gasteiger partial charge in [0.15, 0.2) is 0 Å². The number of anilines is 1. The highest BCUT2D eigenvalue weighted by atomic mass is 35.5. The number of carbonyl (C=O) groups is 1. The number of benzene rings is 2. The molecule has 2 atom stereocenters. The zero-order valence-corrected chi connectivity index (χ0v) is 14.1. The molecule has 1 N–H and O–H groups in total. The highest BCUT2D eigenvalue weighted by Crippen LogP contribution is 2.33. The zero-order chi connectivity index (χ0) is 16.5. The van der Waals surface area contributed by atoms with Gasteiger partial charge in [0.25, 0.3) is 0 Å².